The number of ether oxygens (including phenoxy) is 2. The molecule has 8 heteroatoms. The number of thioether (sulfide) groups is 1. The van der Waals surface area contributed by atoms with Crippen molar-refractivity contribution in [3.05, 3.63) is 30.1 Å². The molecule has 1 saturated heterocycles. The highest BCUT2D eigenvalue weighted by atomic mass is 32.2. The molecule has 0 spiro atoms. The summed E-state index contributed by atoms with van der Waals surface area (Å²) < 4.78 is 24.6. The maximum atomic E-state index is 13.1. The van der Waals surface area contributed by atoms with Crippen molar-refractivity contribution >= 4 is 33.9 Å². The topological polar surface area (TPSA) is 56.3 Å². The summed E-state index contributed by atoms with van der Waals surface area (Å²) in [6.07, 6.45) is 1.10. The van der Waals surface area contributed by atoms with Gasteiger partial charge < -0.3 is 14.8 Å². The molecule has 0 saturated carbocycles. The van der Waals surface area contributed by atoms with Crippen LogP contribution < -0.4 is 5.32 Å². The molecule has 0 amide bonds. The van der Waals surface area contributed by atoms with E-state index in [2.05, 4.69) is 15.5 Å². The van der Waals surface area contributed by atoms with E-state index in [4.69, 9.17) is 9.47 Å². The van der Waals surface area contributed by atoms with E-state index in [1.165, 1.54) is 23.5 Å². The number of hydrogen-bond donors (Lipinski definition) is 1. The fourth-order valence-corrected chi connectivity index (χ4v) is 3.67. The summed E-state index contributed by atoms with van der Waals surface area (Å²) in [5, 5.41) is 11.9. The Hall–Kier alpha value is -1.22. The fraction of sp³-hybridized carbons (Fsp3) is 0.385. The summed E-state index contributed by atoms with van der Waals surface area (Å²) in [6, 6.07) is 6.26. The Balaban J connectivity index is 1.53. The van der Waals surface area contributed by atoms with Crippen LogP contribution in [0.4, 0.5) is 15.2 Å². The first-order chi connectivity index (χ1) is 10.3. The molecule has 21 heavy (non-hydrogen) atoms. The van der Waals surface area contributed by atoms with Gasteiger partial charge in [0.1, 0.15) is 12.6 Å². The van der Waals surface area contributed by atoms with Crippen LogP contribution in [-0.2, 0) is 9.47 Å². The zero-order chi connectivity index (χ0) is 14.5. The van der Waals surface area contributed by atoms with Gasteiger partial charge in [-0.15, -0.1) is 10.2 Å². The lowest BCUT2D eigenvalue weighted by atomic mass is 10.3. The van der Waals surface area contributed by atoms with Crippen molar-refractivity contribution in [3.63, 3.8) is 0 Å². The van der Waals surface area contributed by atoms with Crippen molar-refractivity contribution in [3.8, 4) is 0 Å². The van der Waals surface area contributed by atoms with Gasteiger partial charge in [-0.25, -0.2) is 4.39 Å². The first-order valence-electron chi connectivity index (χ1n) is 6.48. The highest BCUT2D eigenvalue weighted by molar-refractivity contribution is 8.01. The van der Waals surface area contributed by atoms with Crippen LogP contribution in [0.15, 0.2) is 28.6 Å². The average molecular weight is 327 g/mol. The van der Waals surface area contributed by atoms with Crippen LogP contribution >= 0.6 is 23.1 Å². The highest BCUT2D eigenvalue weighted by Gasteiger charge is 2.15. The van der Waals surface area contributed by atoms with Gasteiger partial charge >= 0.3 is 0 Å². The normalized spacial score (nSPS) is 18.6. The van der Waals surface area contributed by atoms with Crippen LogP contribution in [0, 0.1) is 5.82 Å². The first-order valence-corrected chi connectivity index (χ1v) is 8.28. The third-order valence-corrected chi connectivity index (χ3v) is 4.95. The van der Waals surface area contributed by atoms with E-state index in [-0.39, 0.29) is 11.9 Å². The van der Waals surface area contributed by atoms with Gasteiger partial charge in [0.05, 0.1) is 12.7 Å². The van der Waals surface area contributed by atoms with Crippen LogP contribution in [0.3, 0.4) is 0 Å². The van der Waals surface area contributed by atoms with E-state index < -0.39 is 0 Å². The minimum Gasteiger partial charge on any atom is -0.355 e. The quantitative estimate of drug-likeness (QED) is 0.851. The molecule has 2 heterocycles. The number of aromatic nitrogens is 2. The standard InChI is InChI=1S/C13H14FN3O2S2/c14-9-2-1-3-10(6-9)15-12-16-17-13(21-12)20-7-11-4-5-18-8-19-11/h1-3,6,11H,4-5,7-8H2,(H,15,16)/t11-/m1/s1. The van der Waals surface area contributed by atoms with E-state index in [1.807, 2.05) is 0 Å². The van der Waals surface area contributed by atoms with Gasteiger partial charge in [0, 0.05) is 11.4 Å². The molecule has 0 bridgehead atoms. The third-order valence-electron chi connectivity index (χ3n) is 2.85. The van der Waals surface area contributed by atoms with Crippen LogP contribution in [0.2, 0.25) is 0 Å². The predicted molar refractivity (Wildman–Crippen MR) is 80.6 cm³/mol. The molecule has 3 rings (SSSR count). The zero-order valence-electron chi connectivity index (χ0n) is 11.1. The van der Waals surface area contributed by atoms with Crippen molar-refractivity contribution in [2.75, 3.05) is 24.5 Å². The summed E-state index contributed by atoms with van der Waals surface area (Å²) in [5.41, 5.74) is 0.662. The van der Waals surface area contributed by atoms with Gasteiger partial charge in [0.25, 0.3) is 0 Å². The Morgan fingerprint density at radius 3 is 3.19 bits per heavy atom. The maximum absolute atomic E-state index is 13.1. The van der Waals surface area contributed by atoms with Crippen LogP contribution in [0.1, 0.15) is 6.42 Å². The van der Waals surface area contributed by atoms with Crippen LogP contribution in [0.25, 0.3) is 0 Å². The zero-order valence-corrected chi connectivity index (χ0v) is 12.8. The van der Waals surface area contributed by atoms with E-state index in [9.17, 15) is 4.39 Å². The van der Waals surface area contributed by atoms with Gasteiger partial charge in [-0.3, -0.25) is 0 Å². The van der Waals surface area contributed by atoms with E-state index >= 15 is 0 Å². The molecule has 112 valence electrons. The molecule has 0 aliphatic carbocycles. The molecule has 1 aromatic heterocycles. The van der Waals surface area contributed by atoms with E-state index in [0.29, 0.717) is 17.6 Å². The maximum Gasteiger partial charge on any atom is 0.210 e. The second-order valence-corrected chi connectivity index (χ2v) is 6.67. The lowest BCUT2D eigenvalue weighted by Crippen LogP contribution is -2.25. The SMILES string of the molecule is Fc1cccc(Nc2nnc(SC[C@H]3CCOCO3)s2)c1. The molecule has 0 unspecified atom stereocenters. The van der Waals surface area contributed by atoms with Gasteiger partial charge in [-0.2, -0.15) is 0 Å². The molecule has 1 atom stereocenters. The summed E-state index contributed by atoms with van der Waals surface area (Å²) in [4.78, 5) is 0. The van der Waals surface area contributed by atoms with Crippen molar-refractivity contribution in [2.24, 2.45) is 0 Å². The molecule has 1 fully saturated rings. The smallest absolute Gasteiger partial charge is 0.210 e. The number of rotatable bonds is 5. The van der Waals surface area contributed by atoms with Crippen LogP contribution in [0.5, 0.6) is 0 Å². The van der Waals surface area contributed by atoms with E-state index in [1.54, 1.807) is 23.9 Å². The number of nitrogens with zero attached hydrogens (tertiary/aromatic N) is 2. The number of anilines is 2. The van der Waals surface area contributed by atoms with Crippen LogP contribution in [-0.4, -0.2) is 35.5 Å². The Kier molecular flexibility index (Phi) is 5.02. The molecule has 1 N–H and O–H groups in total. The average Bonchev–Trinajstić information content (AvgIpc) is 2.94. The Labute approximate surface area is 129 Å². The fourth-order valence-electron chi connectivity index (χ4n) is 1.81. The Morgan fingerprint density at radius 2 is 2.38 bits per heavy atom. The number of benzene rings is 1. The molecule has 1 aromatic carbocycles. The van der Waals surface area contributed by atoms with Gasteiger partial charge in [-0.1, -0.05) is 29.2 Å². The lowest BCUT2D eigenvalue weighted by Gasteiger charge is -2.21. The Morgan fingerprint density at radius 1 is 1.43 bits per heavy atom. The summed E-state index contributed by atoms with van der Waals surface area (Å²) in [6.45, 7) is 1.11. The largest absolute Gasteiger partial charge is 0.355 e. The monoisotopic (exact) mass is 327 g/mol. The predicted octanol–water partition coefficient (Wildman–Crippen LogP) is 3.28. The van der Waals surface area contributed by atoms with Gasteiger partial charge in [0.2, 0.25) is 5.13 Å². The van der Waals surface area contributed by atoms with Gasteiger partial charge in [-0.05, 0) is 24.6 Å². The van der Waals surface area contributed by atoms with Crippen molar-refractivity contribution in [2.45, 2.75) is 16.9 Å². The minimum atomic E-state index is -0.282. The van der Waals surface area contributed by atoms with E-state index in [0.717, 1.165) is 23.1 Å². The highest BCUT2D eigenvalue weighted by Crippen LogP contribution is 2.29. The molecule has 2 aromatic rings. The molecular formula is C13H14FN3O2S2. The Bertz CT molecular complexity index is 590. The molecule has 1 aliphatic rings. The first kappa shape index (κ1) is 14.7. The molecule has 0 radical (unpaired) electrons. The summed E-state index contributed by atoms with van der Waals surface area (Å²) >= 11 is 3.05. The molecular weight excluding hydrogens is 313 g/mol. The number of hydrogen-bond acceptors (Lipinski definition) is 7. The summed E-state index contributed by atoms with van der Waals surface area (Å²) in [5.74, 6) is 0.550. The molecule has 5 nitrogen and oxygen atoms in total. The van der Waals surface area contributed by atoms with Crippen molar-refractivity contribution in [1.82, 2.24) is 10.2 Å². The number of nitrogens with one attached hydrogen (secondary N) is 1. The number of halogens is 1. The summed E-state index contributed by atoms with van der Waals surface area (Å²) in [7, 11) is 0. The second kappa shape index (κ2) is 7.17. The lowest BCUT2D eigenvalue weighted by molar-refractivity contribution is -0.130. The second-order valence-electron chi connectivity index (χ2n) is 4.42. The van der Waals surface area contributed by atoms with Gasteiger partial charge in [0.15, 0.2) is 4.34 Å². The third kappa shape index (κ3) is 4.37. The minimum absolute atomic E-state index is 0.201. The molecule has 1 aliphatic heterocycles. The van der Waals surface area contributed by atoms with Crippen molar-refractivity contribution < 1.29 is 13.9 Å². The van der Waals surface area contributed by atoms with Crippen molar-refractivity contribution in [1.29, 1.82) is 0 Å².